The third kappa shape index (κ3) is 6.77. The van der Waals surface area contributed by atoms with Crippen LogP contribution in [0.15, 0.2) is 60.9 Å². The number of hydrogen-bond acceptors (Lipinski definition) is 9. The van der Waals surface area contributed by atoms with Crippen LogP contribution in [0.5, 0.6) is 5.75 Å². The Morgan fingerprint density at radius 1 is 1.00 bits per heavy atom. The fourth-order valence-corrected chi connectivity index (χ4v) is 5.73. The summed E-state index contributed by atoms with van der Waals surface area (Å²) in [5.74, 6) is 0.399. The zero-order valence-corrected chi connectivity index (χ0v) is 25.6. The summed E-state index contributed by atoms with van der Waals surface area (Å²) in [6.45, 7) is 1.55. The molecule has 2 aliphatic rings. The molecule has 0 saturated carbocycles. The number of carbonyl (C=O) groups is 3. The molecule has 2 aromatic heterocycles. The maximum absolute atomic E-state index is 12.9. The zero-order valence-electron chi connectivity index (χ0n) is 25.6. The first-order valence-electron chi connectivity index (χ1n) is 15.3. The number of nitrogens with zero attached hydrogens (tertiary/aromatic N) is 5. The van der Waals surface area contributed by atoms with E-state index in [0.29, 0.717) is 31.9 Å². The molecule has 4 N–H and O–H groups in total. The third-order valence-electron chi connectivity index (χ3n) is 8.31. The number of nitrogens with two attached hydrogens (primary N) is 1. The van der Waals surface area contributed by atoms with E-state index in [0.717, 1.165) is 46.5 Å². The normalized spacial score (nSPS) is 14.2. The molecule has 4 aromatic rings. The van der Waals surface area contributed by atoms with Gasteiger partial charge in [-0.15, -0.1) is 5.10 Å². The summed E-state index contributed by atoms with van der Waals surface area (Å²) in [6, 6.07) is 15.4. The predicted octanol–water partition coefficient (Wildman–Crippen LogP) is 2.91. The monoisotopic (exact) mass is 624 g/mol. The van der Waals surface area contributed by atoms with E-state index in [9.17, 15) is 14.4 Å². The molecule has 1 aliphatic carbocycles. The molecule has 46 heavy (non-hydrogen) atoms. The Kier molecular flexibility index (Phi) is 9.08. The minimum Gasteiger partial charge on any atom is -0.497 e. The van der Waals surface area contributed by atoms with Crippen LogP contribution in [0.4, 0.5) is 10.6 Å². The number of amides is 3. The van der Waals surface area contributed by atoms with E-state index in [4.69, 9.17) is 20.2 Å². The Morgan fingerprint density at radius 3 is 2.54 bits per heavy atom. The highest BCUT2D eigenvalue weighted by molar-refractivity contribution is 5.98. The van der Waals surface area contributed by atoms with E-state index >= 15 is 0 Å². The first kappa shape index (κ1) is 30.6. The van der Waals surface area contributed by atoms with E-state index in [1.54, 1.807) is 18.2 Å². The van der Waals surface area contributed by atoms with Crippen molar-refractivity contribution >= 4 is 23.7 Å². The Hall–Kier alpha value is -5.46. The third-order valence-corrected chi connectivity index (χ3v) is 8.31. The van der Waals surface area contributed by atoms with Gasteiger partial charge in [0.2, 0.25) is 5.91 Å². The highest BCUT2D eigenvalue weighted by atomic mass is 16.6. The van der Waals surface area contributed by atoms with E-state index in [-0.39, 0.29) is 49.0 Å². The Morgan fingerprint density at radius 2 is 1.76 bits per heavy atom. The van der Waals surface area contributed by atoms with Crippen molar-refractivity contribution in [3.05, 3.63) is 83.2 Å². The van der Waals surface area contributed by atoms with Gasteiger partial charge in [0.15, 0.2) is 5.82 Å². The zero-order chi connectivity index (χ0) is 32.0. The number of carbonyl (C=O) groups excluding carboxylic acids is 3. The molecule has 6 rings (SSSR count). The number of nitrogen functional groups attached to an aromatic ring is 1. The van der Waals surface area contributed by atoms with Gasteiger partial charge in [0, 0.05) is 50.1 Å². The minimum absolute atomic E-state index is 0.0436. The molecule has 0 atom stereocenters. The van der Waals surface area contributed by atoms with Gasteiger partial charge in [0.05, 0.1) is 12.8 Å². The van der Waals surface area contributed by atoms with Gasteiger partial charge >= 0.3 is 6.09 Å². The van der Waals surface area contributed by atoms with Crippen molar-refractivity contribution in [2.45, 2.75) is 32.3 Å². The summed E-state index contributed by atoms with van der Waals surface area (Å²) in [5.41, 5.74) is 11.2. The van der Waals surface area contributed by atoms with Crippen molar-refractivity contribution in [2.75, 3.05) is 39.0 Å². The number of likely N-dealkylation sites (tertiary alicyclic amines) is 1. The Labute approximate surface area is 266 Å². The maximum atomic E-state index is 12.9. The van der Waals surface area contributed by atoms with Crippen molar-refractivity contribution < 1.29 is 23.9 Å². The number of nitrogens with one attached hydrogen (secondary N) is 2. The summed E-state index contributed by atoms with van der Waals surface area (Å²) in [4.78, 5) is 48.9. The summed E-state index contributed by atoms with van der Waals surface area (Å²) in [7, 11) is 1.64. The highest BCUT2D eigenvalue weighted by Gasteiger charge is 2.28. The molecule has 1 fully saturated rings. The van der Waals surface area contributed by atoms with Crippen LogP contribution in [0.1, 0.15) is 39.9 Å². The van der Waals surface area contributed by atoms with Gasteiger partial charge in [-0.1, -0.05) is 30.3 Å². The Balaban J connectivity index is 0.966. The molecule has 3 amide bonds. The lowest BCUT2D eigenvalue weighted by Gasteiger charge is -2.30. The lowest BCUT2D eigenvalue weighted by molar-refractivity contribution is -0.126. The molecular formula is C33H36N8O5. The summed E-state index contributed by atoms with van der Waals surface area (Å²) in [6.07, 6.45) is 5.67. The number of piperidine rings is 1. The largest absolute Gasteiger partial charge is 0.497 e. The molecule has 2 aromatic carbocycles. The number of hydrogen-bond donors (Lipinski definition) is 3. The SMILES string of the molecule is COc1ccc2c(c1)CCc1cnc(-n3cc(C(=O)NCCNC(=O)C4CCN(C(=O)OCc5ccccc5)CC4)c(N)n3)nc1-2. The summed E-state index contributed by atoms with van der Waals surface area (Å²) in [5, 5.41) is 9.93. The highest BCUT2D eigenvalue weighted by Crippen LogP contribution is 2.34. The van der Waals surface area contributed by atoms with Crippen LogP contribution in [-0.2, 0) is 29.0 Å². The summed E-state index contributed by atoms with van der Waals surface area (Å²) < 4.78 is 12.2. The number of aromatic nitrogens is 4. The Bertz CT molecular complexity index is 1730. The van der Waals surface area contributed by atoms with Gasteiger partial charge in [-0.3, -0.25) is 9.59 Å². The topological polar surface area (TPSA) is 167 Å². The maximum Gasteiger partial charge on any atom is 0.410 e. The summed E-state index contributed by atoms with van der Waals surface area (Å²) >= 11 is 0. The van der Waals surface area contributed by atoms with Gasteiger partial charge in [-0.05, 0) is 60.6 Å². The second kappa shape index (κ2) is 13.7. The van der Waals surface area contributed by atoms with E-state index < -0.39 is 5.91 Å². The standard InChI is InChI=1S/C33H36N8O5/c1-45-25-9-10-26-23(17-25)7-8-24-18-37-32(38-28(24)26)41-19-27(29(34)39-41)31(43)36-14-13-35-30(42)22-11-15-40(16-12-22)33(44)46-20-21-5-3-2-4-6-21/h2-6,9-10,17-19,22H,7-8,11-16,20H2,1H3,(H2,34,39)(H,35,42)(H,36,43). The van der Waals surface area contributed by atoms with Gasteiger partial charge in [-0.2, -0.15) is 0 Å². The average Bonchev–Trinajstić information content (AvgIpc) is 3.50. The van der Waals surface area contributed by atoms with Crippen molar-refractivity contribution in [2.24, 2.45) is 5.92 Å². The molecule has 0 unspecified atom stereocenters. The second-order valence-electron chi connectivity index (χ2n) is 11.3. The average molecular weight is 625 g/mol. The second-order valence-corrected chi connectivity index (χ2v) is 11.3. The van der Waals surface area contributed by atoms with Crippen LogP contribution in [0.2, 0.25) is 0 Å². The molecule has 238 valence electrons. The van der Waals surface area contributed by atoms with Crippen LogP contribution in [0.25, 0.3) is 17.2 Å². The molecule has 1 saturated heterocycles. The lowest BCUT2D eigenvalue weighted by atomic mass is 9.90. The first-order valence-corrected chi connectivity index (χ1v) is 15.3. The molecular weight excluding hydrogens is 588 g/mol. The van der Waals surface area contributed by atoms with Crippen LogP contribution < -0.4 is 21.1 Å². The van der Waals surface area contributed by atoms with Crippen molar-refractivity contribution in [1.82, 2.24) is 35.3 Å². The fourth-order valence-electron chi connectivity index (χ4n) is 5.73. The number of methoxy groups -OCH3 is 1. The molecule has 0 bridgehead atoms. The van der Waals surface area contributed by atoms with E-state index in [1.807, 2.05) is 48.5 Å². The molecule has 3 heterocycles. The number of ether oxygens (including phenoxy) is 2. The molecule has 0 spiro atoms. The molecule has 13 nitrogen and oxygen atoms in total. The van der Waals surface area contributed by atoms with E-state index in [2.05, 4.69) is 20.7 Å². The fraction of sp³-hybridized carbons (Fsp3) is 0.333. The van der Waals surface area contributed by atoms with Gasteiger partial charge < -0.3 is 30.7 Å². The van der Waals surface area contributed by atoms with Crippen molar-refractivity contribution in [3.63, 3.8) is 0 Å². The molecule has 0 radical (unpaired) electrons. The van der Waals surface area contributed by atoms with Crippen LogP contribution >= 0.6 is 0 Å². The van der Waals surface area contributed by atoms with Crippen molar-refractivity contribution in [3.8, 4) is 23.0 Å². The lowest BCUT2D eigenvalue weighted by Crippen LogP contribution is -2.44. The van der Waals surface area contributed by atoms with Crippen molar-refractivity contribution in [1.29, 1.82) is 0 Å². The van der Waals surface area contributed by atoms with Crippen LogP contribution in [0, 0.1) is 5.92 Å². The smallest absolute Gasteiger partial charge is 0.410 e. The van der Waals surface area contributed by atoms with Gasteiger partial charge in [0.25, 0.3) is 11.9 Å². The quantitative estimate of drug-likeness (QED) is 0.237. The number of aryl methyl sites for hydroxylation is 2. The van der Waals surface area contributed by atoms with Gasteiger partial charge in [-0.25, -0.2) is 19.4 Å². The number of benzene rings is 2. The number of fused-ring (bicyclic) bond motifs is 3. The van der Waals surface area contributed by atoms with Gasteiger partial charge in [0.1, 0.15) is 17.9 Å². The predicted molar refractivity (Wildman–Crippen MR) is 169 cm³/mol. The number of rotatable bonds is 9. The van der Waals surface area contributed by atoms with Crippen LogP contribution in [-0.4, -0.2) is 75.8 Å². The number of anilines is 1. The molecule has 1 aliphatic heterocycles. The van der Waals surface area contributed by atoms with Crippen LogP contribution in [0.3, 0.4) is 0 Å². The van der Waals surface area contributed by atoms with E-state index in [1.165, 1.54) is 10.9 Å². The first-order chi connectivity index (χ1) is 22.4. The minimum atomic E-state index is -0.421. The molecule has 13 heteroatoms.